The van der Waals surface area contributed by atoms with Crippen molar-refractivity contribution in [1.82, 2.24) is 5.32 Å². The van der Waals surface area contributed by atoms with Crippen LogP contribution < -0.4 is 5.32 Å². The molecule has 0 radical (unpaired) electrons. The third-order valence-corrected chi connectivity index (χ3v) is 2.83. The van der Waals surface area contributed by atoms with Gasteiger partial charge in [0.1, 0.15) is 5.78 Å². The minimum Gasteiger partial charge on any atom is -0.495 e. The highest BCUT2D eigenvalue weighted by Crippen LogP contribution is 2.26. The number of ketones is 1. The van der Waals surface area contributed by atoms with Crippen LogP contribution in [-0.2, 0) is 4.79 Å². The zero-order chi connectivity index (χ0) is 14.7. The Morgan fingerprint density at radius 3 is 2.16 bits per heavy atom. The van der Waals surface area contributed by atoms with E-state index in [1.54, 1.807) is 0 Å². The Labute approximate surface area is 108 Å². The van der Waals surface area contributed by atoms with Gasteiger partial charge in [-0.05, 0) is 31.2 Å². The number of carbonyl (C=O) groups is 1. The van der Waals surface area contributed by atoms with Crippen molar-refractivity contribution >= 4 is 5.78 Å². The van der Waals surface area contributed by atoms with Crippen LogP contribution >= 0.6 is 0 Å². The van der Waals surface area contributed by atoms with E-state index in [2.05, 4.69) is 11.9 Å². The molecule has 1 aromatic rings. The fourth-order valence-corrected chi connectivity index (χ4v) is 1.67. The molecular formula is C13H14F3NO2. The molecule has 0 aliphatic heterocycles. The number of carbonyl (C=O) groups excluding carboxylic acids is 1. The number of hydrogen-bond acceptors (Lipinski definition) is 3. The number of rotatable bonds is 5. The number of Topliss-reactive ketones (excluding diaryl/α,β-unsaturated/α-hetero) is 1. The fraction of sp³-hybridized carbons (Fsp3) is 0.308. The lowest BCUT2D eigenvalue weighted by atomic mass is 9.91. The van der Waals surface area contributed by atoms with E-state index in [0.29, 0.717) is 0 Å². The van der Waals surface area contributed by atoms with Crippen molar-refractivity contribution in [1.29, 1.82) is 0 Å². The van der Waals surface area contributed by atoms with Crippen molar-refractivity contribution in [2.24, 2.45) is 5.92 Å². The van der Waals surface area contributed by atoms with E-state index in [4.69, 9.17) is 5.11 Å². The van der Waals surface area contributed by atoms with Crippen LogP contribution in [0, 0.1) is 23.4 Å². The van der Waals surface area contributed by atoms with Gasteiger partial charge in [0, 0.05) is 5.92 Å². The van der Waals surface area contributed by atoms with E-state index in [-0.39, 0.29) is 11.3 Å². The number of benzene rings is 1. The summed E-state index contributed by atoms with van der Waals surface area (Å²) in [5.41, 5.74) is 0.00861. The van der Waals surface area contributed by atoms with Gasteiger partial charge in [0.2, 0.25) is 0 Å². The van der Waals surface area contributed by atoms with Crippen molar-refractivity contribution in [3.8, 4) is 0 Å². The van der Waals surface area contributed by atoms with Crippen LogP contribution in [0.2, 0.25) is 0 Å². The SMILES string of the molecule is C=C(O)NC(c1cc(F)c(F)c(F)c1)C(C)C(C)=O. The first-order chi connectivity index (χ1) is 8.73. The maximum atomic E-state index is 13.2. The van der Waals surface area contributed by atoms with Gasteiger partial charge < -0.3 is 10.4 Å². The first-order valence-corrected chi connectivity index (χ1v) is 5.53. The van der Waals surface area contributed by atoms with Crippen molar-refractivity contribution in [2.75, 3.05) is 0 Å². The summed E-state index contributed by atoms with van der Waals surface area (Å²) in [6.07, 6.45) is 0. The third-order valence-electron chi connectivity index (χ3n) is 2.83. The highest BCUT2D eigenvalue weighted by Gasteiger charge is 2.25. The van der Waals surface area contributed by atoms with Crippen molar-refractivity contribution < 1.29 is 23.1 Å². The summed E-state index contributed by atoms with van der Waals surface area (Å²) in [7, 11) is 0. The Morgan fingerprint density at radius 2 is 1.79 bits per heavy atom. The quantitative estimate of drug-likeness (QED) is 0.640. The molecule has 104 valence electrons. The van der Waals surface area contributed by atoms with Gasteiger partial charge in [-0.1, -0.05) is 6.92 Å². The van der Waals surface area contributed by atoms with Crippen molar-refractivity contribution in [3.05, 3.63) is 47.6 Å². The van der Waals surface area contributed by atoms with E-state index in [9.17, 15) is 18.0 Å². The number of aliphatic hydroxyl groups is 1. The lowest BCUT2D eigenvalue weighted by molar-refractivity contribution is -0.121. The van der Waals surface area contributed by atoms with E-state index < -0.39 is 35.3 Å². The normalized spacial score (nSPS) is 13.7. The number of halogens is 3. The lowest BCUT2D eigenvalue weighted by Gasteiger charge is -2.24. The zero-order valence-electron chi connectivity index (χ0n) is 10.5. The predicted molar refractivity (Wildman–Crippen MR) is 63.8 cm³/mol. The summed E-state index contributed by atoms with van der Waals surface area (Å²) in [5.74, 6) is -5.71. The van der Waals surface area contributed by atoms with Crippen LogP contribution in [0.5, 0.6) is 0 Å². The van der Waals surface area contributed by atoms with Gasteiger partial charge in [0.25, 0.3) is 0 Å². The molecular weight excluding hydrogens is 259 g/mol. The van der Waals surface area contributed by atoms with Gasteiger partial charge in [-0.3, -0.25) is 4.79 Å². The Hall–Kier alpha value is -1.98. The molecule has 6 heteroatoms. The van der Waals surface area contributed by atoms with Gasteiger partial charge in [0.05, 0.1) is 6.04 Å². The molecule has 0 aliphatic rings. The Balaban J connectivity index is 3.24. The fourth-order valence-electron chi connectivity index (χ4n) is 1.67. The van der Waals surface area contributed by atoms with Crippen LogP contribution in [0.25, 0.3) is 0 Å². The second-order valence-corrected chi connectivity index (χ2v) is 4.27. The van der Waals surface area contributed by atoms with Gasteiger partial charge >= 0.3 is 0 Å². The van der Waals surface area contributed by atoms with Crippen LogP contribution in [0.15, 0.2) is 24.6 Å². The average molecular weight is 273 g/mol. The number of aliphatic hydroxyl groups excluding tert-OH is 1. The molecule has 0 heterocycles. The first-order valence-electron chi connectivity index (χ1n) is 5.53. The van der Waals surface area contributed by atoms with Gasteiger partial charge in [-0.15, -0.1) is 0 Å². The van der Waals surface area contributed by atoms with Crippen LogP contribution in [-0.4, -0.2) is 10.9 Å². The molecule has 0 saturated carbocycles. The average Bonchev–Trinajstić information content (AvgIpc) is 2.31. The maximum Gasteiger partial charge on any atom is 0.194 e. The summed E-state index contributed by atoms with van der Waals surface area (Å²) < 4.78 is 39.3. The minimum absolute atomic E-state index is 0.00861. The molecule has 2 N–H and O–H groups in total. The van der Waals surface area contributed by atoms with E-state index in [1.807, 2.05) is 0 Å². The molecule has 0 amide bonds. The van der Waals surface area contributed by atoms with Crippen LogP contribution in [0.1, 0.15) is 25.5 Å². The first kappa shape index (κ1) is 15.1. The molecule has 2 atom stereocenters. The molecule has 0 aliphatic carbocycles. The second kappa shape index (κ2) is 5.77. The molecule has 0 fully saturated rings. The summed E-state index contributed by atoms with van der Waals surface area (Å²) >= 11 is 0. The molecule has 0 bridgehead atoms. The molecule has 2 unspecified atom stereocenters. The maximum absolute atomic E-state index is 13.2. The van der Waals surface area contributed by atoms with Gasteiger partial charge in [-0.25, -0.2) is 13.2 Å². The Morgan fingerprint density at radius 1 is 1.32 bits per heavy atom. The summed E-state index contributed by atoms with van der Waals surface area (Å²) in [5, 5.41) is 11.6. The highest BCUT2D eigenvalue weighted by molar-refractivity contribution is 5.78. The van der Waals surface area contributed by atoms with Crippen molar-refractivity contribution in [3.63, 3.8) is 0 Å². The summed E-state index contributed by atoms with van der Waals surface area (Å²) in [4.78, 5) is 11.4. The van der Waals surface area contributed by atoms with Gasteiger partial charge in [-0.2, -0.15) is 0 Å². The lowest BCUT2D eigenvalue weighted by Crippen LogP contribution is -2.30. The molecule has 0 aromatic heterocycles. The van der Waals surface area contributed by atoms with Gasteiger partial charge in [0.15, 0.2) is 23.3 Å². The molecule has 0 spiro atoms. The van der Waals surface area contributed by atoms with E-state index in [0.717, 1.165) is 12.1 Å². The highest BCUT2D eigenvalue weighted by atomic mass is 19.2. The monoisotopic (exact) mass is 273 g/mol. The molecule has 19 heavy (non-hydrogen) atoms. The number of hydrogen-bond donors (Lipinski definition) is 2. The second-order valence-electron chi connectivity index (χ2n) is 4.27. The smallest absolute Gasteiger partial charge is 0.194 e. The molecule has 1 aromatic carbocycles. The Kier molecular flexibility index (Phi) is 4.58. The van der Waals surface area contributed by atoms with E-state index in [1.165, 1.54) is 13.8 Å². The van der Waals surface area contributed by atoms with Crippen molar-refractivity contribution in [2.45, 2.75) is 19.9 Å². The molecule has 0 saturated heterocycles. The summed E-state index contributed by atoms with van der Waals surface area (Å²) in [6, 6.07) is 0.649. The molecule has 1 rings (SSSR count). The topological polar surface area (TPSA) is 49.3 Å². The summed E-state index contributed by atoms with van der Waals surface area (Å²) in [6.45, 7) is 6.01. The van der Waals surface area contributed by atoms with E-state index >= 15 is 0 Å². The molecule has 3 nitrogen and oxygen atoms in total. The standard InChI is InChI=1S/C13H14F3NO2/c1-6(7(2)18)13(17-8(3)19)9-4-10(14)12(16)11(15)5-9/h4-6,13,17,19H,3H2,1-2H3. The number of nitrogens with one attached hydrogen (secondary N) is 1. The predicted octanol–water partition coefficient (Wildman–Crippen LogP) is 2.99. The van der Waals surface area contributed by atoms with Crippen LogP contribution in [0.4, 0.5) is 13.2 Å². The minimum atomic E-state index is -1.58. The van der Waals surface area contributed by atoms with Crippen LogP contribution in [0.3, 0.4) is 0 Å². The Bertz CT molecular complexity index is 494. The third kappa shape index (κ3) is 3.49. The zero-order valence-corrected chi connectivity index (χ0v) is 10.5. The largest absolute Gasteiger partial charge is 0.495 e.